The van der Waals surface area contributed by atoms with E-state index in [-0.39, 0.29) is 5.43 Å². The van der Waals surface area contributed by atoms with Crippen molar-refractivity contribution in [3.8, 4) is 0 Å². The Bertz CT molecular complexity index is 896. The van der Waals surface area contributed by atoms with Crippen LogP contribution in [0.15, 0.2) is 65.6 Å². The first-order valence-electron chi connectivity index (χ1n) is 7.72. The minimum absolute atomic E-state index is 0.00722. The third-order valence-electron chi connectivity index (χ3n) is 4.18. The Kier molecular flexibility index (Phi) is 5.08. The quantitative estimate of drug-likeness (QED) is 0.636. The normalized spacial score (nSPS) is 10.8. The van der Waals surface area contributed by atoms with Crippen molar-refractivity contribution in [1.29, 1.82) is 0 Å². The van der Waals surface area contributed by atoms with E-state index in [1.165, 1.54) is 5.56 Å². The van der Waals surface area contributed by atoms with Crippen LogP contribution in [0.25, 0.3) is 0 Å². The van der Waals surface area contributed by atoms with Crippen molar-refractivity contribution >= 4 is 23.2 Å². The molecule has 0 aliphatic rings. The van der Waals surface area contributed by atoms with Gasteiger partial charge in [-0.05, 0) is 30.2 Å². The molecule has 3 aromatic rings. The molecule has 0 fully saturated rings. The lowest BCUT2D eigenvalue weighted by Crippen LogP contribution is -2.17. The van der Waals surface area contributed by atoms with Gasteiger partial charge in [0.25, 0.3) is 0 Å². The Hall–Kier alpha value is -2.03. The third kappa shape index (κ3) is 3.55. The minimum Gasteiger partial charge on any atom is -0.347 e. The molecule has 0 aliphatic heterocycles. The minimum atomic E-state index is 0.00722. The fraction of sp³-hybridized carbons (Fsp3) is 0.150. The summed E-state index contributed by atoms with van der Waals surface area (Å²) in [5.74, 6) is 0. The van der Waals surface area contributed by atoms with Gasteiger partial charge in [-0.3, -0.25) is 4.79 Å². The van der Waals surface area contributed by atoms with Crippen LogP contribution in [0.5, 0.6) is 0 Å². The molecule has 24 heavy (non-hydrogen) atoms. The van der Waals surface area contributed by atoms with Gasteiger partial charge in [0.2, 0.25) is 0 Å². The second-order valence-electron chi connectivity index (χ2n) is 5.73. The van der Waals surface area contributed by atoms with Gasteiger partial charge in [0.1, 0.15) is 0 Å². The van der Waals surface area contributed by atoms with E-state index < -0.39 is 0 Å². The maximum atomic E-state index is 12.4. The van der Waals surface area contributed by atoms with Crippen molar-refractivity contribution in [2.75, 3.05) is 0 Å². The van der Waals surface area contributed by atoms with Crippen molar-refractivity contribution in [3.05, 3.63) is 103 Å². The average Bonchev–Trinajstić information content (AvgIpc) is 2.57. The zero-order chi connectivity index (χ0) is 17.1. The molecule has 0 N–H and O–H groups in total. The van der Waals surface area contributed by atoms with Crippen molar-refractivity contribution in [2.24, 2.45) is 0 Å². The predicted octanol–water partition coefficient (Wildman–Crippen LogP) is 5.10. The van der Waals surface area contributed by atoms with Crippen LogP contribution in [0.4, 0.5) is 0 Å². The molecule has 1 aromatic heterocycles. The van der Waals surface area contributed by atoms with Crippen LogP contribution in [0, 0.1) is 6.92 Å². The van der Waals surface area contributed by atoms with E-state index in [0.717, 1.165) is 23.4 Å². The first kappa shape index (κ1) is 16.8. The van der Waals surface area contributed by atoms with Crippen LogP contribution in [0.1, 0.15) is 22.4 Å². The predicted molar refractivity (Wildman–Crippen MR) is 100 cm³/mol. The maximum absolute atomic E-state index is 12.4. The number of hydrogen-bond donors (Lipinski definition) is 0. The van der Waals surface area contributed by atoms with E-state index in [1.807, 2.05) is 31.3 Å². The molecule has 0 atom stereocenters. The molecule has 0 radical (unpaired) electrons. The summed E-state index contributed by atoms with van der Waals surface area (Å²) in [5.41, 5.74) is 3.64. The summed E-state index contributed by atoms with van der Waals surface area (Å²) < 4.78 is 2.08. The van der Waals surface area contributed by atoms with E-state index in [0.29, 0.717) is 16.5 Å². The SMILES string of the molecule is Cc1c(Cc2c(Cl)cccc2Cl)c(=O)ccn1Cc1ccccc1. The lowest BCUT2D eigenvalue weighted by atomic mass is 10.0. The zero-order valence-corrected chi connectivity index (χ0v) is 14.8. The van der Waals surface area contributed by atoms with Crippen LogP contribution in [-0.2, 0) is 13.0 Å². The molecule has 0 saturated carbocycles. The summed E-state index contributed by atoms with van der Waals surface area (Å²) in [6, 6.07) is 17.2. The molecule has 2 aromatic carbocycles. The second-order valence-corrected chi connectivity index (χ2v) is 6.55. The topological polar surface area (TPSA) is 22.0 Å². The zero-order valence-electron chi connectivity index (χ0n) is 13.3. The number of hydrogen-bond acceptors (Lipinski definition) is 1. The fourth-order valence-electron chi connectivity index (χ4n) is 2.77. The van der Waals surface area contributed by atoms with Crippen LogP contribution < -0.4 is 5.43 Å². The summed E-state index contributed by atoms with van der Waals surface area (Å²) >= 11 is 12.5. The van der Waals surface area contributed by atoms with E-state index in [1.54, 1.807) is 24.3 Å². The van der Waals surface area contributed by atoms with Gasteiger partial charge in [-0.15, -0.1) is 0 Å². The summed E-state index contributed by atoms with van der Waals surface area (Å²) in [5, 5.41) is 1.17. The molecule has 0 aliphatic carbocycles. The Morgan fingerprint density at radius 3 is 2.21 bits per heavy atom. The van der Waals surface area contributed by atoms with Crippen molar-refractivity contribution in [2.45, 2.75) is 19.9 Å². The molecule has 3 rings (SSSR count). The molecule has 0 amide bonds. The average molecular weight is 358 g/mol. The van der Waals surface area contributed by atoms with Gasteiger partial charge in [0.15, 0.2) is 5.43 Å². The van der Waals surface area contributed by atoms with E-state index in [9.17, 15) is 4.79 Å². The summed E-state index contributed by atoms with van der Waals surface area (Å²) in [7, 11) is 0. The molecule has 2 nitrogen and oxygen atoms in total. The summed E-state index contributed by atoms with van der Waals surface area (Å²) in [6.45, 7) is 2.68. The number of halogens is 2. The molecular weight excluding hydrogens is 341 g/mol. The van der Waals surface area contributed by atoms with Gasteiger partial charge >= 0.3 is 0 Å². The highest BCUT2D eigenvalue weighted by molar-refractivity contribution is 6.36. The van der Waals surface area contributed by atoms with Crippen molar-refractivity contribution in [3.63, 3.8) is 0 Å². The molecular formula is C20H17Cl2NO. The smallest absolute Gasteiger partial charge is 0.185 e. The summed E-state index contributed by atoms with van der Waals surface area (Å²) in [4.78, 5) is 12.4. The molecule has 0 bridgehead atoms. The Balaban J connectivity index is 1.99. The first-order valence-corrected chi connectivity index (χ1v) is 8.47. The molecule has 0 unspecified atom stereocenters. The van der Waals surface area contributed by atoms with E-state index >= 15 is 0 Å². The first-order chi connectivity index (χ1) is 11.6. The van der Waals surface area contributed by atoms with E-state index in [2.05, 4.69) is 16.7 Å². The largest absolute Gasteiger partial charge is 0.347 e. The molecule has 122 valence electrons. The molecule has 4 heteroatoms. The number of rotatable bonds is 4. The van der Waals surface area contributed by atoms with Gasteiger partial charge < -0.3 is 4.57 Å². The second kappa shape index (κ2) is 7.25. The molecule has 1 heterocycles. The van der Waals surface area contributed by atoms with E-state index in [4.69, 9.17) is 23.2 Å². The monoisotopic (exact) mass is 357 g/mol. The maximum Gasteiger partial charge on any atom is 0.185 e. The highest BCUT2D eigenvalue weighted by Crippen LogP contribution is 2.27. The highest BCUT2D eigenvalue weighted by atomic mass is 35.5. The van der Waals surface area contributed by atoms with Crippen molar-refractivity contribution in [1.82, 2.24) is 4.57 Å². The number of benzene rings is 2. The number of nitrogens with zero attached hydrogens (tertiary/aromatic N) is 1. The van der Waals surface area contributed by atoms with Crippen LogP contribution in [0.3, 0.4) is 0 Å². The lowest BCUT2D eigenvalue weighted by molar-refractivity contribution is 0.744. The van der Waals surface area contributed by atoms with Crippen LogP contribution in [0.2, 0.25) is 10.0 Å². The van der Waals surface area contributed by atoms with Gasteiger partial charge in [-0.1, -0.05) is 59.6 Å². The van der Waals surface area contributed by atoms with Crippen LogP contribution >= 0.6 is 23.2 Å². The Labute approximate surface area is 151 Å². The molecule has 0 spiro atoms. The number of aromatic nitrogens is 1. The Morgan fingerprint density at radius 2 is 1.54 bits per heavy atom. The van der Waals surface area contributed by atoms with Gasteiger partial charge in [0, 0.05) is 46.5 Å². The van der Waals surface area contributed by atoms with Crippen LogP contribution in [-0.4, -0.2) is 4.57 Å². The summed E-state index contributed by atoms with van der Waals surface area (Å²) in [6.07, 6.45) is 2.27. The van der Waals surface area contributed by atoms with Gasteiger partial charge in [0.05, 0.1) is 0 Å². The molecule has 0 saturated heterocycles. The highest BCUT2D eigenvalue weighted by Gasteiger charge is 2.13. The lowest BCUT2D eigenvalue weighted by Gasteiger charge is -2.15. The standard InChI is InChI=1S/C20H17Cl2NO/c1-14-16(12-17-18(21)8-5-9-19(17)22)20(24)10-11-23(14)13-15-6-3-2-4-7-15/h2-11H,12-13H2,1H3. The van der Waals surface area contributed by atoms with Crippen molar-refractivity contribution < 1.29 is 0 Å². The Morgan fingerprint density at radius 1 is 0.875 bits per heavy atom. The van der Waals surface area contributed by atoms with Gasteiger partial charge in [-0.25, -0.2) is 0 Å². The third-order valence-corrected chi connectivity index (χ3v) is 4.89. The van der Waals surface area contributed by atoms with Gasteiger partial charge in [-0.2, -0.15) is 0 Å². The number of pyridine rings is 1. The fourth-order valence-corrected chi connectivity index (χ4v) is 3.30.